The molecule has 0 aliphatic heterocycles. The summed E-state index contributed by atoms with van der Waals surface area (Å²) in [6.45, 7) is 0.844. The first-order valence-electron chi connectivity index (χ1n) is 7.11. The molecule has 0 saturated heterocycles. The van der Waals surface area contributed by atoms with Crippen molar-refractivity contribution in [1.29, 1.82) is 5.26 Å². The zero-order valence-electron chi connectivity index (χ0n) is 12.3. The van der Waals surface area contributed by atoms with Crippen molar-refractivity contribution in [2.24, 2.45) is 0 Å². The maximum atomic E-state index is 8.74. The van der Waals surface area contributed by atoms with Gasteiger partial charge in [-0.25, -0.2) is 0 Å². The Bertz CT molecular complexity index is 790. The van der Waals surface area contributed by atoms with Crippen molar-refractivity contribution in [3.05, 3.63) is 66.6 Å². The maximum absolute atomic E-state index is 8.74. The lowest BCUT2D eigenvalue weighted by Gasteiger charge is -2.09. The van der Waals surface area contributed by atoms with E-state index in [9.17, 15) is 0 Å². The summed E-state index contributed by atoms with van der Waals surface area (Å²) in [6, 6.07) is 16.7. The van der Waals surface area contributed by atoms with Gasteiger partial charge in [-0.05, 0) is 42.0 Å². The average molecular weight is 306 g/mol. The van der Waals surface area contributed by atoms with Crippen LogP contribution in [-0.4, -0.2) is 18.4 Å². The first-order chi connectivity index (χ1) is 11.3. The highest BCUT2D eigenvalue weighted by molar-refractivity contribution is 5.62. The first kappa shape index (κ1) is 14.7. The fourth-order valence-corrected chi connectivity index (χ4v) is 2.06. The molecule has 0 N–H and O–H groups in total. The predicted octanol–water partition coefficient (Wildman–Crippen LogP) is 3.67. The van der Waals surface area contributed by atoms with Gasteiger partial charge in [0.15, 0.2) is 0 Å². The lowest BCUT2D eigenvalue weighted by atomic mass is 10.1. The molecule has 0 bridgehead atoms. The Morgan fingerprint density at radius 1 is 0.957 bits per heavy atom. The molecule has 0 atom stereocenters. The number of nitriles is 1. The topological polar surface area (TPSA) is 68.3 Å². The summed E-state index contributed by atoms with van der Waals surface area (Å²) in [6.07, 6.45) is 3.25. The van der Waals surface area contributed by atoms with Gasteiger partial charge in [0.1, 0.15) is 31.0 Å². The van der Waals surface area contributed by atoms with E-state index in [1.807, 2.05) is 24.3 Å². The predicted molar refractivity (Wildman–Crippen MR) is 84.1 cm³/mol. The monoisotopic (exact) mass is 306 g/mol. The normalized spacial score (nSPS) is 10.0. The molecule has 0 aliphatic carbocycles. The Balaban J connectivity index is 1.51. The number of rotatable bonds is 6. The summed E-state index contributed by atoms with van der Waals surface area (Å²) in [5, 5.41) is 12.4. The minimum absolute atomic E-state index is 0.420. The highest BCUT2D eigenvalue weighted by Crippen LogP contribution is 2.23. The van der Waals surface area contributed by atoms with E-state index in [1.165, 1.54) is 0 Å². The van der Waals surface area contributed by atoms with Gasteiger partial charge in [-0.1, -0.05) is 17.3 Å². The summed E-state index contributed by atoms with van der Waals surface area (Å²) in [7, 11) is 0. The third kappa shape index (κ3) is 3.89. The molecule has 0 spiro atoms. The molecule has 1 aromatic heterocycles. The van der Waals surface area contributed by atoms with Gasteiger partial charge in [0.25, 0.3) is 0 Å². The fourth-order valence-electron chi connectivity index (χ4n) is 2.06. The SMILES string of the molecule is N#Cc1ccc(OCCOc2cccc(-c3cnoc3)c2)cc1. The van der Waals surface area contributed by atoms with E-state index in [2.05, 4.69) is 11.2 Å². The van der Waals surface area contributed by atoms with Crippen molar-refractivity contribution in [2.45, 2.75) is 0 Å². The first-order valence-corrected chi connectivity index (χ1v) is 7.11. The fraction of sp³-hybridized carbons (Fsp3) is 0.111. The zero-order valence-corrected chi connectivity index (χ0v) is 12.3. The van der Waals surface area contributed by atoms with Crippen LogP contribution in [0, 0.1) is 11.3 Å². The molecular formula is C18H14N2O3. The van der Waals surface area contributed by atoms with Gasteiger partial charge in [-0.3, -0.25) is 0 Å². The molecule has 3 rings (SSSR count). The number of benzene rings is 2. The summed E-state index contributed by atoms with van der Waals surface area (Å²) >= 11 is 0. The molecule has 0 radical (unpaired) electrons. The minimum Gasteiger partial charge on any atom is -0.490 e. The summed E-state index contributed by atoms with van der Waals surface area (Å²) in [5.74, 6) is 1.47. The van der Waals surface area contributed by atoms with Crippen LogP contribution in [0.2, 0.25) is 0 Å². The third-order valence-electron chi connectivity index (χ3n) is 3.20. The van der Waals surface area contributed by atoms with Crippen molar-refractivity contribution < 1.29 is 14.0 Å². The van der Waals surface area contributed by atoms with Crippen LogP contribution in [0.1, 0.15) is 5.56 Å². The van der Waals surface area contributed by atoms with Crippen LogP contribution in [0.3, 0.4) is 0 Å². The Kier molecular flexibility index (Phi) is 4.55. The standard InChI is InChI=1S/C18H14N2O3/c19-11-14-4-6-17(7-5-14)21-8-9-22-18-3-1-2-15(10-18)16-12-20-23-13-16/h1-7,10,12-13H,8-9H2. The van der Waals surface area contributed by atoms with Gasteiger partial charge in [0.05, 0.1) is 17.8 Å². The molecule has 23 heavy (non-hydrogen) atoms. The molecule has 2 aromatic carbocycles. The smallest absolute Gasteiger partial charge is 0.131 e. The summed E-state index contributed by atoms with van der Waals surface area (Å²) in [5.41, 5.74) is 2.50. The molecule has 0 saturated carbocycles. The number of hydrogen-bond acceptors (Lipinski definition) is 5. The van der Waals surface area contributed by atoms with E-state index in [-0.39, 0.29) is 0 Å². The van der Waals surface area contributed by atoms with E-state index >= 15 is 0 Å². The second-order valence-corrected chi connectivity index (χ2v) is 4.77. The van der Waals surface area contributed by atoms with Crippen molar-refractivity contribution >= 4 is 0 Å². The average Bonchev–Trinajstić information content (AvgIpc) is 3.14. The molecule has 5 heteroatoms. The Hall–Kier alpha value is -3.26. The van der Waals surface area contributed by atoms with Gasteiger partial charge in [0, 0.05) is 5.56 Å². The Morgan fingerprint density at radius 3 is 2.43 bits per heavy atom. The van der Waals surface area contributed by atoms with E-state index in [1.54, 1.807) is 36.7 Å². The Morgan fingerprint density at radius 2 is 1.74 bits per heavy atom. The molecule has 0 unspecified atom stereocenters. The molecule has 0 fully saturated rings. The van der Waals surface area contributed by atoms with Crippen LogP contribution in [0.25, 0.3) is 11.1 Å². The van der Waals surface area contributed by atoms with Gasteiger partial charge in [-0.2, -0.15) is 5.26 Å². The van der Waals surface area contributed by atoms with E-state index < -0.39 is 0 Å². The quantitative estimate of drug-likeness (QED) is 0.650. The van der Waals surface area contributed by atoms with Gasteiger partial charge in [0.2, 0.25) is 0 Å². The highest BCUT2D eigenvalue weighted by Gasteiger charge is 2.02. The second kappa shape index (κ2) is 7.14. The third-order valence-corrected chi connectivity index (χ3v) is 3.20. The highest BCUT2D eigenvalue weighted by atomic mass is 16.5. The number of hydrogen-bond donors (Lipinski definition) is 0. The summed E-state index contributed by atoms with van der Waals surface area (Å²) < 4.78 is 16.1. The van der Waals surface area contributed by atoms with E-state index in [4.69, 9.17) is 19.3 Å². The van der Waals surface area contributed by atoms with Gasteiger partial charge >= 0.3 is 0 Å². The van der Waals surface area contributed by atoms with E-state index in [0.29, 0.717) is 24.5 Å². The van der Waals surface area contributed by atoms with Crippen molar-refractivity contribution in [3.8, 4) is 28.7 Å². The minimum atomic E-state index is 0.420. The number of aromatic nitrogens is 1. The van der Waals surface area contributed by atoms with Crippen molar-refractivity contribution in [3.63, 3.8) is 0 Å². The largest absolute Gasteiger partial charge is 0.490 e. The van der Waals surface area contributed by atoms with Gasteiger partial charge < -0.3 is 14.0 Å². The molecular weight excluding hydrogens is 292 g/mol. The van der Waals surface area contributed by atoms with Gasteiger partial charge in [-0.15, -0.1) is 0 Å². The van der Waals surface area contributed by atoms with Crippen LogP contribution in [-0.2, 0) is 0 Å². The molecule has 1 heterocycles. The lowest BCUT2D eigenvalue weighted by Crippen LogP contribution is -2.08. The number of ether oxygens (including phenoxy) is 2. The molecule has 5 nitrogen and oxygen atoms in total. The van der Waals surface area contributed by atoms with Crippen LogP contribution in [0.5, 0.6) is 11.5 Å². The Labute approximate surface area is 133 Å². The van der Waals surface area contributed by atoms with Crippen LogP contribution >= 0.6 is 0 Å². The maximum Gasteiger partial charge on any atom is 0.131 e. The van der Waals surface area contributed by atoms with E-state index in [0.717, 1.165) is 16.9 Å². The lowest BCUT2D eigenvalue weighted by molar-refractivity contribution is 0.217. The molecule has 3 aromatic rings. The molecule has 0 aliphatic rings. The second-order valence-electron chi connectivity index (χ2n) is 4.77. The van der Waals surface area contributed by atoms with Crippen LogP contribution in [0.15, 0.2) is 65.5 Å². The van der Waals surface area contributed by atoms with Crippen LogP contribution in [0.4, 0.5) is 0 Å². The van der Waals surface area contributed by atoms with Crippen molar-refractivity contribution in [1.82, 2.24) is 5.16 Å². The summed E-state index contributed by atoms with van der Waals surface area (Å²) in [4.78, 5) is 0. The van der Waals surface area contributed by atoms with Crippen LogP contribution < -0.4 is 9.47 Å². The molecule has 0 amide bonds. The zero-order chi connectivity index (χ0) is 15.9. The molecule has 114 valence electrons. The number of nitrogens with zero attached hydrogens (tertiary/aromatic N) is 2. The van der Waals surface area contributed by atoms with Crippen molar-refractivity contribution in [2.75, 3.05) is 13.2 Å².